The first-order valence-electron chi connectivity index (χ1n) is 8.08. The second-order valence-corrected chi connectivity index (χ2v) is 6.17. The molecule has 25 heavy (non-hydrogen) atoms. The first kappa shape index (κ1) is 16.9. The van der Waals surface area contributed by atoms with E-state index in [9.17, 15) is 14.4 Å². The second-order valence-electron chi connectivity index (χ2n) is 6.17. The largest absolute Gasteiger partial charge is 0.480 e. The third-order valence-electron chi connectivity index (χ3n) is 4.26. The predicted molar refractivity (Wildman–Crippen MR) is 87.5 cm³/mol. The fourth-order valence-electron chi connectivity index (χ4n) is 3.22. The summed E-state index contributed by atoms with van der Waals surface area (Å²) in [6.07, 6.45) is 3.19. The molecule has 0 saturated carbocycles. The van der Waals surface area contributed by atoms with Gasteiger partial charge in [0.2, 0.25) is 0 Å². The normalized spacial score (nSPS) is 17.5. The van der Waals surface area contributed by atoms with Crippen LogP contribution in [0.25, 0.3) is 0 Å². The molecule has 1 amide bonds. The van der Waals surface area contributed by atoms with Gasteiger partial charge in [0, 0.05) is 43.0 Å². The maximum atomic E-state index is 12.7. The van der Waals surface area contributed by atoms with E-state index in [4.69, 9.17) is 9.52 Å². The summed E-state index contributed by atoms with van der Waals surface area (Å²) in [4.78, 5) is 36.9. The van der Waals surface area contributed by atoms with Crippen molar-refractivity contribution in [2.75, 3.05) is 13.1 Å². The number of aryl methyl sites for hydroxylation is 1. The zero-order valence-electron chi connectivity index (χ0n) is 13.8. The zero-order chi connectivity index (χ0) is 18.0. The Morgan fingerprint density at radius 2 is 2.20 bits per heavy atom. The SMILES string of the molecule is Cc1cc(=O)cc(C(=O)N2CCC[C@H](c3ccnn3CC(=O)O)C2)o1. The number of piperidine rings is 1. The Morgan fingerprint density at radius 3 is 2.92 bits per heavy atom. The number of hydrogen-bond donors (Lipinski definition) is 1. The molecule has 1 N–H and O–H groups in total. The number of nitrogens with zero attached hydrogens (tertiary/aromatic N) is 3. The number of carbonyl (C=O) groups excluding carboxylic acids is 1. The van der Waals surface area contributed by atoms with Gasteiger partial charge in [-0.2, -0.15) is 5.10 Å². The first-order valence-corrected chi connectivity index (χ1v) is 8.08. The molecule has 2 aromatic heterocycles. The molecular weight excluding hydrogens is 326 g/mol. The molecule has 8 heteroatoms. The molecule has 2 aromatic rings. The fraction of sp³-hybridized carbons (Fsp3) is 0.412. The number of amides is 1. The van der Waals surface area contributed by atoms with E-state index in [1.165, 1.54) is 16.8 Å². The Kier molecular flexibility index (Phi) is 4.69. The highest BCUT2D eigenvalue weighted by atomic mass is 16.4. The number of carboxylic acids is 1. The summed E-state index contributed by atoms with van der Waals surface area (Å²) >= 11 is 0. The number of likely N-dealkylation sites (tertiary alicyclic amines) is 1. The zero-order valence-corrected chi connectivity index (χ0v) is 13.8. The Balaban J connectivity index is 1.79. The average Bonchev–Trinajstić information content (AvgIpc) is 3.00. The van der Waals surface area contributed by atoms with Crippen molar-refractivity contribution in [3.63, 3.8) is 0 Å². The molecule has 0 unspecified atom stereocenters. The standard InChI is InChI=1S/C17H19N3O5/c1-11-7-13(21)8-15(25-11)17(24)19-6-2-3-12(9-19)14-4-5-18-20(14)10-16(22)23/h4-5,7-8,12H,2-3,6,9-10H2,1H3,(H,22,23)/t12-/m0/s1. The lowest BCUT2D eigenvalue weighted by molar-refractivity contribution is -0.137. The Hall–Kier alpha value is -2.90. The minimum Gasteiger partial charge on any atom is -0.480 e. The molecule has 0 bridgehead atoms. The monoisotopic (exact) mass is 345 g/mol. The van der Waals surface area contributed by atoms with Crippen molar-refractivity contribution in [2.24, 2.45) is 0 Å². The summed E-state index contributed by atoms with van der Waals surface area (Å²) in [5.74, 6) is -0.866. The van der Waals surface area contributed by atoms with E-state index in [-0.39, 0.29) is 29.6 Å². The van der Waals surface area contributed by atoms with E-state index in [2.05, 4.69) is 5.10 Å². The van der Waals surface area contributed by atoms with Crippen LogP contribution in [0.5, 0.6) is 0 Å². The predicted octanol–water partition coefficient (Wildman–Crippen LogP) is 1.25. The molecule has 1 fully saturated rings. The van der Waals surface area contributed by atoms with Gasteiger partial charge in [0.25, 0.3) is 5.91 Å². The third kappa shape index (κ3) is 3.78. The summed E-state index contributed by atoms with van der Waals surface area (Å²) < 4.78 is 6.84. The molecule has 8 nitrogen and oxygen atoms in total. The molecule has 3 heterocycles. The number of hydrogen-bond acceptors (Lipinski definition) is 5. The number of carbonyl (C=O) groups is 2. The summed E-state index contributed by atoms with van der Waals surface area (Å²) in [5.41, 5.74) is 0.533. The van der Waals surface area contributed by atoms with Gasteiger partial charge in [0.1, 0.15) is 12.3 Å². The van der Waals surface area contributed by atoms with Crippen molar-refractivity contribution in [3.8, 4) is 0 Å². The van der Waals surface area contributed by atoms with E-state index < -0.39 is 5.97 Å². The van der Waals surface area contributed by atoms with Crippen LogP contribution in [-0.4, -0.2) is 44.8 Å². The molecular formula is C17H19N3O5. The first-order chi connectivity index (χ1) is 11.9. The number of rotatable bonds is 4. The number of aliphatic carboxylic acids is 1. The summed E-state index contributed by atoms with van der Waals surface area (Å²) in [6.45, 7) is 2.42. The number of aromatic nitrogens is 2. The van der Waals surface area contributed by atoms with Crippen molar-refractivity contribution in [1.29, 1.82) is 0 Å². The van der Waals surface area contributed by atoms with Gasteiger partial charge in [-0.3, -0.25) is 19.1 Å². The number of carboxylic acid groups (broad SMARTS) is 1. The van der Waals surface area contributed by atoms with Crippen LogP contribution in [0, 0.1) is 6.92 Å². The molecule has 0 aromatic carbocycles. The van der Waals surface area contributed by atoms with Crippen molar-refractivity contribution in [3.05, 3.63) is 51.8 Å². The lowest BCUT2D eigenvalue weighted by Crippen LogP contribution is -2.40. The smallest absolute Gasteiger partial charge is 0.325 e. The molecule has 1 atom stereocenters. The van der Waals surface area contributed by atoms with Gasteiger partial charge in [0.05, 0.1) is 0 Å². The van der Waals surface area contributed by atoms with Crippen LogP contribution in [0.2, 0.25) is 0 Å². The van der Waals surface area contributed by atoms with Crippen LogP contribution in [-0.2, 0) is 11.3 Å². The van der Waals surface area contributed by atoms with Crippen LogP contribution < -0.4 is 5.43 Å². The minimum atomic E-state index is -0.963. The summed E-state index contributed by atoms with van der Waals surface area (Å²) in [5, 5.41) is 13.0. The van der Waals surface area contributed by atoms with Crippen LogP contribution in [0.4, 0.5) is 0 Å². The molecule has 3 rings (SSSR count). The van der Waals surface area contributed by atoms with Gasteiger partial charge in [-0.15, -0.1) is 0 Å². The van der Waals surface area contributed by atoms with E-state index in [0.29, 0.717) is 18.8 Å². The lowest BCUT2D eigenvalue weighted by atomic mass is 9.94. The van der Waals surface area contributed by atoms with Gasteiger partial charge < -0.3 is 14.4 Å². The van der Waals surface area contributed by atoms with Crippen molar-refractivity contribution in [1.82, 2.24) is 14.7 Å². The molecule has 0 radical (unpaired) electrons. The lowest BCUT2D eigenvalue weighted by Gasteiger charge is -2.32. The van der Waals surface area contributed by atoms with Gasteiger partial charge >= 0.3 is 5.97 Å². The Bertz CT molecular complexity index is 854. The van der Waals surface area contributed by atoms with Gasteiger partial charge in [-0.1, -0.05) is 0 Å². The van der Waals surface area contributed by atoms with E-state index in [0.717, 1.165) is 18.5 Å². The molecule has 1 aliphatic rings. The van der Waals surface area contributed by atoms with Gasteiger partial charge in [-0.25, -0.2) is 0 Å². The summed E-state index contributed by atoms with van der Waals surface area (Å²) in [6, 6.07) is 4.32. The second kappa shape index (κ2) is 6.92. The highest BCUT2D eigenvalue weighted by Gasteiger charge is 2.29. The van der Waals surface area contributed by atoms with Gasteiger partial charge in [0.15, 0.2) is 11.2 Å². The topological polar surface area (TPSA) is 106 Å². The Morgan fingerprint density at radius 1 is 1.40 bits per heavy atom. The maximum absolute atomic E-state index is 12.7. The molecule has 0 aliphatic carbocycles. The van der Waals surface area contributed by atoms with Crippen molar-refractivity contribution in [2.45, 2.75) is 32.2 Å². The van der Waals surface area contributed by atoms with Gasteiger partial charge in [-0.05, 0) is 25.8 Å². The molecule has 1 aliphatic heterocycles. The van der Waals surface area contributed by atoms with E-state index in [1.807, 2.05) is 0 Å². The quantitative estimate of drug-likeness (QED) is 0.894. The van der Waals surface area contributed by atoms with Crippen LogP contribution in [0.3, 0.4) is 0 Å². The third-order valence-corrected chi connectivity index (χ3v) is 4.26. The van der Waals surface area contributed by atoms with Crippen molar-refractivity contribution < 1.29 is 19.1 Å². The maximum Gasteiger partial charge on any atom is 0.325 e. The molecule has 0 spiro atoms. The fourth-order valence-corrected chi connectivity index (χ4v) is 3.22. The highest BCUT2D eigenvalue weighted by molar-refractivity contribution is 5.91. The molecule has 132 valence electrons. The van der Waals surface area contributed by atoms with E-state index >= 15 is 0 Å². The highest BCUT2D eigenvalue weighted by Crippen LogP contribution is 2.27. The minimum absolute atomic E-state index is 0.00363. The summed E-state index contributed by atoms with van der Waals surface area (Å²) in [7, 11) is 0. The van der Waals surface area contributed by atoms with Crippen LogP contribution >= 0.6 is 0 Å². The van der Waals surface area contributed by atoms with Crippen LogP contribution in [0.15, 0.2) is 33.6 Å². The van der Waals surface area contributed by atoms with Crippen molar-refractivity contribution >= 4 is 11.9 Å². The average molecular weight is 345 g/mol. The van der Waals surface area contributed by atoms with Crippen LogP contribution in [0.1, 0.15) is 40.8 Å². The van der Waals surface area contributed by atoms with E-state index in [1.54, 1.807) is 24.1 Å². The molecule has 1 saturated heterocycles. The Labute approximate surface area is 143 Å².